The summed E-state index contributed by atoms with van der Waals surface area (Å²) in [5.74, 6) is -5.31. The number of carboxylic acid groups (broad SMARTS) is 2. The van der Waals surface area contributed by atoms with Crippen LogP contribution in [0.15, 0.2) is 24.3 Å². The molecule has 0 spiro atoms. The molecule has 1 heterocycles. The Hall–Kier alpha value is -3.71. The van der Waals surface area contributed by atoms with Gasteiger partial charge in [-0.05, 0) is 37.0 Å². The lowest BCUT2D eigenvalue weighted by atomic mass is 10.0. The molecule has 1 aliphatic rings. The van der Waals surface area contributed by atoms with Crippen molar-refractivity contribution in [3.63, 3.8) is 0 Å². The van der Waals surface area contributed by atoms with E-state index >= 15 is 0 Å². The highest BCUT2D eigenvalue weighted by Crippen LogP contribution is 2.18. The Kier molecular flexibility index (Phi) is 9.33. The zero-order chi connectivity index (χ0) is 25.4. The maximum atomic E-state index is 12.7. The second-order valence-corrected chi connectivity index (χ2v) is 7.91. The average molecular weight is 480 g/mol. The number of nitrogens with zero attached hydrogens (tertiary/aromatic N) is 1. The van der Waals surface area contributed by atoms with Gasteiger partial charge in [-0.2, -0.15) is 0 Å². The van der Waals surface area contributed by atoms with Crippen molar-refractivity contribution in [2.45, 2.75) is 49.9 Å². The van der Waals surface area contributed by atoms with Gasteiger partial charge in [-0.1, -0.05) is 12.1 Å². The van der Waals surface area contributed by atoms with Crippen LogP contribution >= 0.6 is 0 Å². The number of phenolic OH excluding ortho intramolecular Hbond substituents is 1. The second-order valence-electron chi connectivity index (χ2n) is 7.91. The number of aliphatic hydroxyl groups excluding tert-OH is 1. The minimum Gasteiger partial charge on any atom is -0.508 e. The molecular formula is C21H28N4O9. The van der Waals surface area contributed by atoms with E-state index in [4.69, 9.17) is 10.8 Å². The summed E-state index contributed by atoms with van der Waals surface area (Å²) in [5.41, 5.74) is 6.47. The van der Waals surface area contributed by atoms with Gasteiger partial charge in [-0.3, -0.25) is 19.2 Å². The average Bonchev–Trinajstić information content (AvgIpc) is 3.28. The first-order valence-electron chi connectivity index (χ1n) is 10.5. The van der Waals surface area contributed by atoms with Crippen molar-refractivity contribution in [1.29, 1.82) is 0 Å². The molecule has 4 unspecified atom stereocenters. The molecule has 3 amide bonds. The monoisotopic (exact) mass is 480 g/mol. The number of hydrogen-bond acceptors (Lipinski definition) is 8. The Bertz CT molecular complexity index is 921. The highest BCUT2D eigenvalue weighted by atomic mass is 16.4. The van der Waals surface area contributed by atoms with Crippen LogP contribution in [-0.4, -0.2) is 92.3 Å². The molecule has 1 saturated heterocycles. The van der Waals surface area contributed by atoms with Crippen LogP contribution in [0, 0.1) is 0 Å². The van der Waals surface area contributed by atoms with E-state index in [2.05, 4.69) is 10.6 Å². The van der Waals surface area contributed by atoms with Crippen LogP contribution in [-0.2, 0) is 30.4 Å². The summed E-state index contributed by atoms with van der Waals surface area (Å²) < 4.78 is 0. The van der Waals surface area contributed by atoms with Crippen LogP contribution in [0.2, 0.25) is 0 Å². The lowest BCUT2D eigenvalue weighted by molar-refractivity contribution is -0.150. The smallest absolute Gasteiger partial charge is 0.326 e. The zero-order valence-corrected chi connectivity index (χ0v) is 18.2. The molecule has 0 radical (unpaired) electrons. The fourth-order valence-corrected chi connectivity index (χ4v) is 3.59. The summed E-state index contributed by atoms with van der Waals surface area (Å²) in [7, 11) is 0. The molecule has 0 bridgehead atoms. The van der Waals surface area contributed by atoms with Crippen LogP contribution in [0.3, 0.4) is 0 Å². The van der Waals surface area contributed by atoms with Gasteiger partial charge in [0.05, 0.1) is 19.1 Å². The number of nitrogens with two attached hydrogens (primary N) is 1. The molecule has 2 rings (SSSR count). The predicted octanol–water partition coefficient (Wildman–Crippen LogP) is -2.23. The number of carboxylic acids is 2. The molecule has 4 atom stereocenters. The minimum atomic E-state index is -1.61. The number of benzene rings is 1. The molecular weight excluding hydrogens is 452 g/mol. The van der Waals surface area contributed by atoms with Crippen LogP contribution in [0.25, 0.3) is 0 Å². The first kappa shape index (κ1) is 26.5. The zero-order valence-electron chi connectivity index (χ0n) is 18.2. The number of amides is 3. The Morgan fingerprint density at radius 1 is 1.03 bits per heavy atom. The van der Waals surface area contributed by atoms with Crippen molar-refractivity contribution in [2.24, 2.45) is 5.73 Å². The van der Waals surface area contributed by atoms with E-state index in [9.17, 15) is 39.3 Å². The third-order valence-electron chi connectivity index (χ3n) is 5.36. The van der Waals surface area contributed by atoms with Gasteiger partial charge in [0.2, 0.25) is 17.7 Å². The minimum absolute atomic E-state index is 0.0246. The lowest BCUT2D eigenvalue weighted by Crippen LogP contribution is -2.58. The largest absolute Gasteiger partial charge is 0.508 e. The number of aromatic hydroxyl groups is 1. The van der Waals surface area contributed by atoms with Gasteiger partial charge in [0, 0.05) is 6.54 Å². The van der Waals surface area contributed by atoms with Gasteiger partial charge >= 0.3 is 11.9 Å². The first-order chi connectivity index (χ1) is 16.0. The quantitative estimate of drug-likeness (QED) is 0.181. The standard InChI is InChI=1S/C21H28N4O9/c22-13(8-11-3-5-12(27)6-4-11)18(30)23-14(9-17(28)29)19(31)24-15(10-26)20(32)25-7-1-2-16(25)21(33)34/h3-6,13-16,26-27H,1-2,7-10,22H2,(H,23,30)(H,24,31)(H,28,29)(H,33,34). The van der Waals surface area contributed by atoms with E-state index in [1.54, 1.807) is 12.1 Å². The van der Waals surface area contributed by atoms with Crippen LogP contribution < -0.4 is 16.4 Å². The number of phenols is 1. The van der Waals surface area contributed by atoms with Crippen LogP contribution in [0.5, 0.6) is 5.75 Å². The number of nitrogens with one attached hydrogen (secondary N) is 2. The van der Waals surface area contributed by atoms with E-state index in [1.807, 2.05) is 0 Å². The lowest BCUT2D eigenvalue weighted by Gasteiger charge is -2.27. The number of likely N-dealkylation sites (tertiary alicyclic amines) is 1. The fourth-order valence-electron chi connectivity index (χ4n) is 3.59. The number of aliphatic carboxylic acids is 2. The third-order valence-corrected chi connectivity index (χ3v) is 5.36. The molecule has 13 nitrogen and oxygen atoms in total. The van der Waals surface area contributed by atoms with Gasteiger partial charge in [0.1, 0.15) is 23.9 Å². The van der Waals surface area contributed by atoms with E-state index in [0.717, 1.165) is 4.90 Å². The highest BCUT2D eigenvalue weighted by Gasteiger charge is 2.38. The van der Waals surface area contributed by atoms with Crippen molar-refractivity contribution in [3.05, 3.63) is 29.8 Å². The summed E-state index contributed by atoms with van der Waals surface area (Å²) >= 11 is 0. The normalized spacial score (nSPS) is 17.9. The van der Waals surface area contributed by atoms with Crippen LogP contribution in [0.4, 0.5) is 0 Å². The maximum Gasteiger partial charge on any atom is 0.326 e. The van der Waals surface area contributed by atoms with Gasteiger partial charge in [0.25, 0.3) is 0 Å². The Balaban J connectivity index is 2.05. The second kappa shape index (κ2) is 12.0. The Morgan fingerprint density at radius 3 is 2.21 bits per heavy atom. The predicted molar refractivity (Wildman–Crippen MR) is 115 cm³/mol. The van der Waals surface area contributed by atoms with Gasteiger partial charge in [-0.25, -0.2) is 4.79 Å². The number of rotatable bonds is 11. The summed E-state index contributed by atoms with van der Waals surface area (Å²) in [5, 5.41) is 41.7. The topological polar surface area (TPSA) is 220 Å². The molecule has 1 aromatic carbocycles. The highest BCUT2D eigenvalue weighted by molar-refractivity contribution is 5.95. The summed E-state index contributed by atoms with van der Waals surface area (Å²) in [6, 6.07) is 0.534. The fraction of sp³-hybridized carbons (Fsp3) is 0.476. The summed E-state index contributed by atoms with van der Waals surface area (Å²) in [6.07, 6.45) is -0.122. The van der Waals surface area contributed by atoms with Crippen molar-refractivity contribution in [3.8, 4) is 5.75 Å². The van der Waals surface area contributed by atoms with Gasteiger partial charge in [0.15, 0.2) is 0 Å². The molecule has 1 aliphatic heterocycles. The molecule has 8 N–H and O–H groups in total. The number of aliphatic hydroxyl groups is 1. The SMILES string of the molecule is NC(Cc1ccc(O)cc1)C(=O)NC(CC(=O)O)C(=O)NC(CO)C(=O)N1CCCC1C(=O)O. The van der Waals surface area contributed by atoms with Crippen molar-refractivity contribution >= 4 is 29.7 Å². The van der Waals surface area contributed by atoms with E-state index < -0.39 is 66.9 Å². The molecule has 186 valence electrons. The Labute approximate surface area is 194 Å². The Morgan fingerprint density at radius 2 is 1.65 bits per heavy atom. The number of hydrogen-bond donors (Lipinski definition) is 7. The van der Waals surface area contributed by atoms with E-state index in [1.165, 1.54) is 12.1 Å². The van der Waals surface area contributed by atoms with Crippen molar-refractivity contribution in [2.75, 3.05) is 13.2 Å². The summed E-state index contributed by atoms with van der Waals surface area (Å²) in [6.45, 7) is -0.731. The summed E-state index contributed by atoms with van der Waals surface area (Å²) in [4.78, 5) is 61.4. The number of carbonyl (C=O) groups excluding carboxylic acids is 3. The van der Waals surface area contributed by atoms with Crippen LogP contribution in [0.1, 0.15) is 24.8 Å². The van der Waals surface area contributed by atoms with E-state index in [0.29, 0.717) is 12.0 Å². The molecule has 0 saturated carbocycles. The van der Waals surface area contributed by atoms with Gasteiger partial charge < -0.3 is 41.7 Å². The third kappa shape index (κ3) is 7.15. The number of carbonyl (C=O) groups is 5. The van der Waals surface area contributed by atoms with E-state index in [-0.39, 0.29) is 25.1 Å². The first-order valence-corrected chi connectivity index (χ1v) is 10.5. The molecule has 1 fully saturated rings. The van der Waals surface area contributed by atoms with Crippen molar-refractivity contribution in [1.82, 2.24) is 15.5 Å². The molecule has 1 aromatic rings. The molecule has 13 heteroatoms. The van der Waals surface area contributed by atoms with Gasteiger partial charge in [-0.15, -0.1) is 0 Å². The molecule has 0 aliphatic carbocycles. The van der Waals surface area contributed by atoms with Crippen molar-refractivity contribution < 1.29 is 44.4 Å². The molecule has 34 heavy (non-hydrogen) atoms. The molecule has 0 aromatic heterocycles. The maximum absolute atomic E-state index is 12.7.